The van der Waals surface area contributed by atoms with Gasteiger partial charge < -0.3 is 15.4 Å². The van der Waals surface area contributed by atoms with Crippen molar-refractivity contribution in [3.05, 3.63) is 24.3 Å². The van der Waals surface area contributed by atoms with Crippen molar-refractivity contribution in [3.8, 4) is 0 Å². The second kappa shape index (κ2) is 7.02. The Kier molecular flexibility index (Phi) is 5.33. The molecule has 2 N–H and O–H groups in total. The largest absolute Gasteiger partial charge is 0.378 e. The molecule has 0 aliphatic carbocycles. The molecule has 1 aliphatic heterocycles. The van der Waals surface area contributed by atoms with Crippen molar-refractivity contribution in [1.29, 1.82) is 0 Å². The van der Waals surface area contributed by atoms with E-state index >= 15 is 0 Å². The second-order valence-corrected chi connectivity index (χ2v) is 7.12. The van der Waals surface area contributed by atoms with Gasteiger partial charge in [0.05, 0.1) is 29.5 Å². The van der Waals surface area contributed by atoms with Crippen molar-refractivity contribution in [2.24, 2.45) is 0 Å². The van der Waals surface area contributed by atoms with Gasteiger partial charge in [-0.3, -0.25) is 4.79 Å². The molecule has 1 aliphatic rings. The van der Waals surface area contributed by atoms with Crippen molar-refractivity contribution >= 4 is 21.4 Å². The minimum absolute atomic E-state index is 0.00208. The minimum atomic E-state index is -3.36. The number of para-hydroxylation sites is 1. The molecular weight excluding hydrogens is 292 g/mol. The van der Waals surface area contributed by atoms with Crippen molar-refractivity contribution in [2.75, 3.05) is 30.8 Å². The Morgan fingerprint density at radius 2 is 2.19 bits per heavy atom. The van der Waals surface area contributed by atoms with Crippen molar-refractivity contribution in [1.82, 2.24) is 5.32 Å². The predicted molar refractivity (Wildman–Crippen MR) is 80.0 cm³/mol. The molecule has 1 aromatic rings. The first-order chi connectivity index (χ1) is 10.0. The van der Waals surface area contributed by atoms with Gasteiger partial charge in [-0.15, -0.1) is 0 Å². The highest BCUT2D eigenvalue weighted by atomic mass is 32.2. The number of hydrogen-bond acceptors (Lipinski definition) is 5. The maximum absolute atomic E-state index is 12.0. The summed E-state index contributed by atoms with van der Waals surface area (Å²) in [4.78, 5) is 12.2. The summed E-state index contributed by atoms with van der Waals surface area (Å²) in [5.74, 6) is -0.227. The van der Waals surface area contributed by atoms with Crippen LogP contribution in [0.25, 0.3) is 0 Å². The molecule has 0 radical (unpaired) electrons. The van der Waals surface area contributed by atoms with Gasteiger partial charge in [-0.1, -0.05) is 19.1 Å². The molecule has 1 unspecified atom stereocenters. The molecule has 1 atom stereocenters. The maximum atomic E-state index is 12.0. The molecule has 7 heteroatoms. The Morgan fingerprint density at radius 3 is 2.86 bits per heavy atom. The van der Waals surface area contributed by atoms with Gasteiger partial charge in [0.25, 0.3) is 0 Å². The monoisotopic (exact) mass is 312 g/mol. The minimum Gasteiger partial charge on any atom is -0.378 e. The first-order valence-electron chi connectivity index (χ1n) is 6.95. The number of carbonyl (C=O) groups excluding carboxylic acids is 1. The van der Waals surface area contributed by atoms with Crippen LogP contribution in [0.4, 0.5) is 5.69 Å². The maximum Gasteiger partial charge on any atom is 0.226 e. The van der Waals surface area contributed by atoms with E-state index in [1.54, 1.807) is 25.1 Å². The van der Waals surface area contributed by atoms with Crippen molar-refractivity contribution in [2.45, 2.75) is 24.3 Å². The van der Waals surface area contributed by atoms with Gasteiger partial charge in [0.1, 0.15) is 0 Å². The first kappa shape index (κ1) is 15.9. The fraction of sp³-hybridized carbons (Fsp3) is 0.500. The lowest BCUT2D eigenvalue weighted by Gasteiger charge is -2.23. The third kappa shape index (κ3) is 4.26. The van der Waals surface area contributed by atoms with Crippen LogP contribution in [0.3, 0.4) is 0 Å². The Morgan fingerprint density at radius 1 is 1.43 bits per heavy atom. The zero-order valence-electron chi connectivity index (χ0n) is 12.0. The molecule has 116 valence electrons. The van der Waals surface area contributed by atoms with E-state index in [1.165, 1.54) is 6.07 Å². The average molecular weight is 312 g/mol. The summed E-state index contributed by atoms with van der Waals surface area (Å²) in [6, 6.07) is 6.43. The molecule has 21 heavy (non-hydrogen) atoms. The summed E-state index contributed by atoms with van der Waals surface area (Å²) in [5.41, 5.74) is 0.334. The Bertz CT molecular complexity index is 595. The zero-order chi connectivity index (χ0) is 15.3. The molecule has 6 nitrogen and oxygen atoms in total. The molecule has 1 aromatic carbocycles. The number of benzene rings is 1. The molecule has 2 rings (SSSR count). The molecule has 1 heterocycles. The molecule has 0 spiro atoms. The van der Waals surface area contributed by atoms with Gasteiger partial charge in [0.2, 0.25) is 5.91 Å². The van der Waals surface area contributed by atoms with E-state index in [4.69, 9.17) is 4.74 Å². The number of ether oxygens (including phenoxy) is 1. The Labute approximate surface area is 124 Å². The summed E-state index contributed by atoms with van der Waals surface area (Å²) in [7, 11) is -3.36. The summed E-state index contributed by atoms with van der Waals surface area (Å²) < 4.78 is 29.3. The third-order valence-electron chi connectivity index (χ3n) is 3.31. The van der Waals surface area contributed by atoms with Crippen LogP contribution in [-0.2, 0) is 19.4 Å². The van der Waals surface area contributed by atoms with Crippen LogP contribution in [0.5, 0.6) is 0 Å². The van der Waals surface area contributed by atoms with E-state index in [9.17, 15) is 13.2 Å². The number of rotatable bonds is 5. The van der Waals surface area contributed by atoms with E-state index in [1.807, 2.05) is 0 Å². The fourth-order valence-corrected chi connectivity index (χ4v) is 3.22. The fourth-order valence-electron chi connectivity index (χ4n) is 2.17. The number of carbonyl (C=O) groups is 1. The number of hydrogen-bond donors (Lipinski definition) is 2. The summed E-state index contributed by atoms with van der Waals surface area (Å²) >= 11 is 0. The van der Waals surface area contributed by atoms with Crippen LogP contribution in [-0.4, -0.2) is 45.9 Å². The molecule has 0 saturated carbocycles. The molecule has 0 bridgehead atoms. The van der Waals surface area contributed by atoms with Crippen LogP contribution in [0.1, 0.15) is 13.3 Å². The number of sulfone groups is 1. The topological polar surface area (TPSA) is 84.5 Å². The lowest BCUT2D eigenvalue weighted by Crippen LogP contribution is -2.43. The quantitative estimate of drug-likeness (QED) is 0.840. The van der Waals surface area contributed by atoms with Crippen molar-refractivity contribution < 1.29 is 17.9 Å². The van der Waals surface area contributed by atoms with Gasteiger partial charge in [0, 0.05) is 19.0 Å². The first-order valence-corrected chi connectivity index (χ1v) is 8.61. The van der Waals surface area contributed by atoms with E-state index < -0.39 is 9.84 Å². The standard InChI is InChI=1S/C14H20N2O4S/c1-2-21(18,19)13-6-4-3-5-12(13)16-14(17)9-11-10-20-8-7-15-11/h3-6,11,15H,2,7-10H2,1H3,(H,16,17). The highest BCUT2D eigenvalue weighted by Crippen LogP contribution is 2.22. The van der Waals surface area contributed by atoms with Gasteiger partial charge in [-0.25, -0.2) is 8.42 Å². The van der Waals surface area contributed by atoms with Gasteiger partial charge in [0.15, 0.2) is 9.84 Å². The SMILES string of the molecule is CCS(=O)(=O)c1ccccc1NC(=O)CC1COCCN1. The van der Waals surface area contributed by atoms with Crippen LogP contribution < -0.4 is 10.6 Å². The van der Waals surface area contributed by atoms with E-state index in [0.717, 1.165) is 6.54 Å². The summed E-state index contributed by atoms with van der Waals surface area (Å²) in [6.45, 7) is 3.44. The number of nitrogens with one attached hydrogen (secondary N) is 2. The molecule has 0 aromatic heterocycles. The van der Waals surface area contributed by atoms with E-state index in [2.05, 4.69) is 10.6 Å². The number of morpholine rings is 1. The predicted octanol–water partition coefficient (Wildman–Crippen LogP) is 0.797. The third-order valence-corrected chi connectivity index (χ3v) is 5.09. The number of amides is 1. The number of anilines is 1. The lowest BCUT2D eigenvalue weighted by molar-refractivity contribution is -0.117. The van der Waals surface area contributed by atoms with Crippen LogP contribution >= 0.6 is 0 Å². The Balaban J connectivity index is 2.07. The van der Waals surface area contributed by atoms with Gasteiger partial charge in [-0.05, 0) is 12.1 Å². The molecule has 1 saturated heterocycles. The highest BCUT2D eigenvalue weighted by Gasteiger charge is 2.20. The molecule has 1 fully saturated rings. The van der Waals surface area contributed by atoms with Crippen LogP contribution in [0.15, 0.2) is 29.2 Å². The Hall–Kier alpha value is -1.44. The van der Waals surface area contributed by atoms with Crippen molar-refractivity contribution in [3.63, 3.8) is 0 Å². The second-order valence-electron chi connectivity index (χ2n) is 4.88. The average Bonchev–Trinajstić information content (AvgIpc) is 2.48. The highest BCUT2D eigenvalue weighted by molar-refractivity contribution is 7.91. The van der Waals surface area contributed by atoms with Crippen LogP contribution in [0.2, 0.25) is 0 Å². The molecular formula is C14H20N2O4S. The van der Waals surface area contributed by atoms with Gasteiger partial charge >= 0.3 is 0 Å². The van der Waals surface area contributed by atoms with Crippen LogP contribution in [0, 0.1) is 0 Å². The van der Waals surface area contributed by atoms with Gasteiger partial charge in [-0.2, -0.15) is 0 Å². The smallest absolute Gasteiger partial charge is 0.226 e. The summed E-state index contributed by atoms with van der Waals surface area (Å²) in [5, 5.41) is 5.87. The van der Waals surface area contributed by atoms with E-state index in [-0.39, 0.29) is 29.0 Å². The van der Waals surface area contributed by atoms with E-state index in [0.29, 0.717) is 18.9 Å². The lowest BCUT2D eigenvalue weighted by atomic mass is 10.2. The normalized spacial score (nSPS) is 19.2. The zero-order valence-corrected chi connectivity index (χ0v) is 12.8. The molecule has 1 amide bonds. The summed E-state index contributed by atoms with van der Waals surface area (Å²) in [6.07, 6.45) is 0.251.